The summed E-state index contributed by atoms with van der Waals surface area (Å²) in [6.45, 7) is 0. The number of hydrogen-bond donors (Lipinski definition) is 2. The van der Waals surface area contributed by atoms with Crippen molar-refractivity contribution in [2.45, 2.75) is 0 Å². The number of aromatic nitrogens is 1. The summed E-state index contributed by atoms with van der Waals surface area (Å²) in [5, 5.41) is 5.70. The zero-order valence-electron chi connectivity index (χ0n) is 10.3. The smallest absolute Gasteiger partial charge is 0.314 e. The molecule has 0 spiro atoms. The third-order valence-electron chi connectivity index (χ3n) is 2.33. The van der Waals surface area contributed by atoms with Gasteiger partial charge >= 0.3 is 6.03 Å². The summed E-state index contributed by atoms with van der Waals surface area (Å²) in [7, 11) is 0. The molecule has 2 amide bonds. The lowest BCUT2D eigenvalue weighted by atomic mass is 10.2. The number of amides is 2. The Balaban J connectivity index is 1.85. The first-order valence-electron chi connectivity index (χ1n) is 5.75. The van der Waals surface area contributed by atoms with Crippen LogP contribution in [0.15, 0.2) is 53.3 Å². The molecule has 20 heavy (non-hydrogen) atoms. The van der Waals surface area contributed by atoms with Crippen LogP contribution >= 0.6 is 27.5 Å². The number of nitrogens with one attached hydrogen (secondary N) is 2. The minimum Gasteiger partial charge on any atom is -0.314 e. The molecule has 102 valence electrons. The topological polar surface area (TPSA) is 54.0 Å². The van der Waals surface area contributed by atoms with Gasteiger partial charge in [-0.25, -0.2) is 9.78 Å². The molecule has 0 fully saturated rings. The van der Waals surface area contributed by atoms with E-state index in [-0.39, 0.29) is 6.03 Å². The zero-order chi connectivity index (χ0) is 14.4. The zero-order valence-corrected chi connectivity index (χ0v) is 12.6. The van der Waals surface area contributed by atoms with Crippen molar-refractivity contribution < 1.29 is 4.79 Å². The quantitative estimate of drug-likeness (QED) is 0.866. The Kier molecular flexibility index (Phi) is 5.15. The van der Waals surface area contributed by atoms with Gasteiger partial charge in [0.1, 0.15) is 5.82 Å². The standard InChI is InChI=1S/C14H11BrClN3O/c15-11-3-1-10(2-4-11)7-8-17-14(20)19-13-6-5-12(16)9-18-13/h1-9H,(H2,17,18,19,20)/b8-7+. The lowest BCUT2D eigenvalue weighted by molar-refractivity contribution is 0.255. The maximum atomic E-state index is 11.6. The lowest BCUT2D eigenvalue weighted by Crippen LogP contribution is -2.24. The molecule has 2 N–H and O–H groups in total. The molecule has 0 radical (unpaired) electrons. The summed E-state index contributed by atoms with van der Waals surface area (Å²) >= 11 is 9.06. The number of halogens is 2. The van der Waals surface area contributed by atoms with Crippen LogP contribution in [0.25, 0.3) is 6.08 Å². The van der Waals surface area contributed by atoms with Crippen molar-refractivity contribution in [3.8, 4) is 0 Å². The number of urea groups is 1. The summed E-state index contributed by atoms with van der Waals surface area (Å²) in [4.78, 5) is 15.5. The molecule has 1 aromatic carbocycles. The molecule has 0 bridgehead atoms. The Bertz CT molecular complexity index is 611. The predicted molar refractivity (Wildman–Crippen MR) is 84.6 cm³/mol. The van der Waals surface area contributed by atoms with E-state index in [0.29, 0.717) is 10.8 Å². The van der Waals surface area contributed by atoms with Crippen LogP contribution in [-0.2, 0) is 0 Å². The first-order chi connectivity index (χ1) is 9.63. The van der Waals surface area contributed by atoms with Crippen molar-refractivity contribution in [1.29, 1.82) is 0 Å². The minimum absolute atomic E-state index is 0.367. The van der Waals surface area contributed by atoms with Crippen LogP contribution in [0.3, 0.4) is 0 Å². The van der Waals surface area contributed by atoms with Crippen molar-refractivity contribution in [1.82, 2.24) is 10.3 Å². The van der Waals surface area contributed by atoms with Crippen LogP contribution < -0.4 is 10.6 Å². The molecule has 0 aliphatic rings. The minimum atomic E-state index is -0.367. The number of benzene rings is 1. The predicted octanol–water partition coefficient (Wildman–Crippen LogP) is 4.29. The highest BCUT2D eigenvalue weighted by atomic mass is 79.9. The average Bonchev–Trinajstić information content (AvgIpc) is 2.44. The third-order valence-corrected chi connectivity index (χ3v) is 3.08. The van der Waals surface area contributed by atoms with Crippen LogP contribution in [0.5, 0.6) is 0 Å². The lowest BCUT2D eigenvalue weighted by Gasteiger charge is -2.03. The molecule has 2 aromatic rings. The van der Waals surface area contributed by atoms with Crippen molar-refractivity contribution in [3.05, 3.63) is 63.9 Å². The Hall–Kier alpha value is -1.85. The highest BCUT2D eigenvalue weighted by Gasteiger charge is 1.99. The molecule has 6 heteroatoms. The third kappa shape index (κ3) is 4.68. The van der Waals surface area contributed by atoms with E-state index in [1.54, 1.807) is 24.4 Å². The summed E-state index contributed by atoms with van der Waals surface area (Å²) in [6.07, 6.45) is 4.82. The molecule has 2 rings (SSSR count). The first-order valence-corrected chi connectivity index (χ1v) is 6.92. The molecule has 0 saturated heterocycles. The highest BCUT2D eigenvalue weighted by Crippen LogP contribution is 2.11. The monoisotopic (exact) mass is 351 g/mol. The van der Waals surface area contributed by atoms with Crippen LogP contribution in [-0.4, -0.2) is 11.0 Å². The normalized spacial score (nSPS) is 10.5. The van der Waals surface area contributed by atoms with E-state index in [2.05, 4.69) is 31.5 Å². The second-order valence-electron chi connectivity index (χ2n) is 3.85. The van der Waals surface area contributed by atoms with Gasteiger partial charge in [-0.05, 0) is 35.9 Å². The summed E-state index contributed by atoms with van der Waals surface area (Å²) in [5.74, 6) is 0.434. The molecule has 1 aromatic heterocycles. The molecule has 0 aliphatic heterocycles. The van der Waals surface area contributed by atoms with Crippen molar-refractivity contribution in [3.63, 3.8) is 0 Å². The van der Waals surface area contributed by atoms with Gasteiger partial charge < -0.3 is 5.32 Å². The van der Waals surface area contributed by atoms with Gasteiger partial charge in [0.2, 0.25) is 0 Å². The number of hydrogen-bond acceptors (Lipinski definition) is 2. The fraction of sp³-hybridized carbons (Fsp3) is 0. The van der Waals surface area contributed by atoms with Crippen LogP contribution in [0.1, 0.15) is 5.56 Å². The van der Waals surface area contributed by atoms with E-state index in [9.17, 15) is 4.79 Å². The molecule has 0 atom stereocenters. The average molecular weight is 353 g/mol. The largest absolute Gasteiger partial charge is 0.324 e. The fourth-order valence-electron chi connectivity index (χ4n) is 1.39. The maximum absolute atomic E-state index is 11.6. The van der Waals surface area contributed by atoms with Crippen LogP contribution in [0.4, 0.5) is 10.6 Å². The Morgan fingerprint density at radius 3 is 2.60 bits per heavy atom. The molecule has 0 aliphatic carbocycles. The second kappa shape index (κ2) is 7.07. The van der Waals surface area contributed by atoms with Gasteiger partial charge in [0.25, 0.3) is 0 Å². The van der Waals surface area contributed by atoms with Gasteiger partial charge in [0.05, 0.1) is 5.02 Å². The van der Waals surface area contributed by atoms with E-state index >= 15 is 0 Å². The van der Waals surface area contributed by atoms with E-state index < -0.39 is 0 Å². The summed E-state index contributed by atoms with van der Waals surface area (Å²) in [6, 6.07) is 10.6. The molecule has 0 unspecified atom stereocenters. The van der Waals surface area contributed by atoms with E-state index in [4.69, 9.17) is 11.6 Å². The Labute approximate surface area is 130 Å². The number of rotatable bonds is 3. The van der Waals surface area contributed by atoms with E-state index in [1.807, 2.05) is 24.3 Å². The van der Waals surface area contributed by atoms with Gasteiger partial charge in [0.15, 0.2) is 0 Å². The van der Waals surface area contributed by atoms with Gasteiger partial charge in [-0.2, -0.15) is 0 Å². The van der Waals surface area contributed by atoms with Crippen molar-refractivity contribution in [2.24, 2.45) is 0 Å². The number of carbonyl (C=O) groups is 1. The van der Waals surface area contributed by atoms with Gasteiger partial charge in [0, 0.05) is 16.9 Å². The van der Waals surface area contributed by atoms with Gasteiger partial charge in [-0.3, -0.25) is 5.32 Å². The number of anilines is 1. The summed E-state index contributed by atoms with van der Waals surface area (Å²) < 4.78 is 1.01. The maximum Gasteiger partial charge on any atom is 0.324 e. The molecular weight excluding hydrogens is 342 g/mol. The van der Waals surface area contributed by atoms with Gasteiger partial charge in [-0.15, -0.1) is 0 Å². The fourth-order valence-corrected chi connectivity index (χ4v) is 1.77. The number of pyridine rings is 1. The molecule has 0 saturated carbocycles. The van der Waals surface area contributed by atoms with E-state index in [0.717, 1.165) is 10.0 Å². The Morgan fingerprint density at radius 1 is 1.20 bits per heavy atom. The Morgan fingerprint density at radius 2 is 1.95 bits per heavy atom. The highest BCUT2D eigenvalue weighted by molar-refractivity contribution is 9.10. The number of nitrogens with zero attached hydrogens (tertiary/aromatic N) is 1. The molecule has 1 heterocycles. The first kappa shape index (κ1) is 14.6. The van der Waals surface area contributed by atoms with Crippen molar-refractivity contribution >= 4 is 45.5 Å². The summed E-state index contributed by atoms with van der Waals surface area (Å²) in [5.41, 5.74) is 0.984. The molecule has 4 nitrogen and oxygen atoms in total. The van der Waals surface area contributed by atoms with Crippen LogP contribution in [0, 0.1) is 0 Å². The SMILES string of the molecule is O=C(N/C=C/c1ccc(Br)cc1)Nc1ccc(Cl)cn1. The second-order valence-corrected chi connectivity index (χ2v) is 5.20. The van der Waals surface area contributed by atoms with Crippen LogP contribution in [0.2, 0.25) is 5.02 Å². The molecular formula is C14H11BrClN3O. The van der Waals surface area contributed by atoms with E-state index in [1.165, 1.54) is 6.20 Å². The number of carbonyl (C=O) groups excluding carboxylic acids is 1. The van der Waals surface area contributed by atoms with Gasteiger partial charge in [-0.1, -0.05) is 39.7 Å². The van der Waals surface area contributed by atoms with Crippen molar-refractivity contribution in [2.75, 3.05) is 5.32 Å².